The second-order valence-corrected chi connectivity index (χ2v) is 7.61. The molecule has 144 valence electrons. The van der Waals surface area contributed by atoms with Crippen molar-refractivity contribution in [3.8, 4) is 0 Å². The van der Waals surface area contributed by atoms with Crippen molar-refractivity contribution in [1.29, 1.82) is 0 Å². The number of hydrogen-bond acceptors (Lipinski definition) is 6. The lowest BCUT2D eigenvalue weighted by atomic mass is 10.1. The van der Waals surface area contributed by atoms with Gasteiger partial charge in [-0.25, -0.2) is 9.59 Å². The molecule has 1 aromatic carbocycles. The molecule has 9 heteroatoms. The van der Waals surface area contributed by atoms with Crippen molar-refractivity contribution >= 4 is 46.5 Å². The number of carbonyl (C=O) groups is 3. The van der Waals surface area contributed by atoms with Gasteiger partial charge in [-0.1, -0.05) is 11.6 Å². The van der Waals surface area contributed by atoms with E-state index in [2.05, 4.69) is 10.1 Å². The van der Waals surface area contributed by atoms with Crippen LogP contribution in [0.3, 0.4) is 0 Å². The molecule has 2 aromatic rings. The highest BCUT2D eigenvalue weighted by atomic mass is 35.5. The van der Waals surface area contributed by atoms with Crippen molar-refractivity contribution in [3.05, 3.63) is 50.7 Å². The molecule has 0 aliphatic rings. The molecule has 1 aromatic heterocycles. The fourth-order valence-corrected chi connectivity index (χ4v) is 3.66. The van der Waals surface area contributed by atoms with Crippen LogP contribution in [0.2, 0.25) is 4.34 Å². The first kappa shape index (κ1) is 20.9. The zero-order chi connectivity index (χ0) is 20.0. The molecule has 0 aliphatic carbocycles. The van der Waals surface area contributed by atoms with E-state index in [0.717, 1.165) is 9.78 Å². The first-order chi connectivity index (χ1) is 12.8. The van der Waals surface area contributed by atoms with Gasteiger partial charge in [-0.15, -0.1) is 11.3 Å². The summed E-state index contributed by atoms with van der Waals surface area (Å²) in [6.45, 7) is 0.801. The van der Waals surface area contributed by atoms with Gasteiger partial charge in [-0.2, -0.15) is 0 Å². The predicted octanol–water partition coefficient (Wildman–Crippen LogP) is 1.63. The number of quaternary nitrogens is 1. The highest BCUT2D eigenvalue weighted by Crippen LogP contribution is 2.21. The zero-order valence-corrected chi connectivity index (χ0v) is 16.7. The van der Waals surface area contributed by atoms with Gasteiger partial charge >= 0.3 is 11.9 Å². The minimum Gasteiger partial charge on any atom is -0.465 e. The van der Waals surface area contributed by atoms with E-state index in [0.29, 0.717) is 10.9 Å². The Morgan fingerprint density at radius 2 is 1.81 bits per heavy atom. The summed E-state index contributed by atoms with van der Waals surface area (Å²) in [5.74, 6) is -1.49. The Hall–Kier alpha value is -2.42. The lowest BCUT2D eigenvalue weighted by Crippen LogP contribution is -3.08. The monoisotopic (exact) mass is 411 g/mol. The van der Waals surface area contributed by atoms with Crippen LogP contribution in [0.15, 0.2) is 30.3 Å². The average molecular weight is 412 g/mol. The van der Waals surface area contributed by atoms with Gasteiger partial charge in [-0.05, 0) is 30.3 Å². The van der Waals surface area contributed by atoms with E-state index in [1.165, 1.54) is 43.8 Å². The summed E-state index contributed by atoms with van der Waals surface area (Å²) >= 11 is 7.38. The quantitative estimate of drug-likeness (QED) is 0.676. The smallest absolute Gasteiger partial charge is 0.339 e. The summed E-state index contributed by atoms with van der Waals surface area (Å²) in [5.41, 5.74) is 0.567. The third kappa shape index (κ3) is 5.78. The van der Waals surface area contributed by atoms with Gasteiger partial charge in [-0.3, -0.25) is 4.79 Å². The maximum Gasteiger partial charge on any atom is 0.339 e. The maximum absolute atomic E-state index is 12.4. The zero-order valence-electron chi connectivity index (χ0n) is 15.1. The van der Waals surface area contributed by atoms with E-state index < -0.39 is 11.9 Å². The maximum atomic E-state index is 12.4. The number of nitrogens with one attached hydrogen (secondary N) is 2. The number of carbonyl (C=O) groups excluding carboxylic acids is 3. The van der Waals surface area contributed by atoms with Crippen LogP contribution in [-0.4, -0.2) is 45.7 Å². The van der Waals surface area contributed by atoms with Crippen molar-refractivity contribution in [2.75, 3.05) is 33.1 Å². The summed E-state index contributed by atoms with van der Waals surface area (Å²) in [6, 6.07) is 7.98. The number of hydrogen-bond donors (Lipinski definition) is 2. The second kappa shape index (κ2) is 9.50. The van der Waals surface area contributed by atoms with Crippen LogP contribution in [0.4, 0.5) is 5.69 Å². The Morgan fingerprint density at radius 1 is 1.11 bits per heavy atom. The molecule has 1 unspecified atom stereocenters. The lowest BCUT2D eigenvalue weighted by molar-refractivity contribution is -0.884. The molecule has 2 N–H and O–H groups in total. The number of anilines is 1. The number of likely N-dealkylation sites (N-methyl/N-ethyl adjacent to an activating group) is 1. The molecule has 0 aliphatic heterocycles. The Balaban J connectivity index is 2.12. The van der Waals surface area contributed by atoms with Gasteiger partial charge in [0.15, 0.2) is 6.54 Å². The predicted molar refractivity (Wildman–Crippen MR) is 103 cm³/mol. The van der Waals surface area contributed by atoms with Crippen LogP contribution in [-0.2, 0) is 20.8 Å². The lowest BCUT2D eigenvalue weighted by Gasteiger charge is -2.15. The van der Waals surface area contributed by atoms with Gasteiger partial charge in [0, 0.05) is 0 Å². The largest absolute Gasteiger partial charge is 0.465 e. The molecule has 0 spiro atoms. The van der Waals surface area contributed by atoms with E-state index in [-0.39, 0.29) is 29.3 Å². The first-order valence-electron chi connectivity index (χ1n) is 8.00. The molecule has 0 saturated heterocycles. The number of thiophene rings is 1. The first-order valence-corrected chi connectivity index (χ1v) is 9.19. The summed E-state index contributed by atoms with van der Waals surface area (Å²) in [4.78, 5) is 38.1. The van der Waals surface area contributed by atoms with Crippen LogP contribution in [0, 0.1) is 0 Å². The van der Waals surface area contributed by atoms with Gasteiger partial charge in [0.1, 0.15) is 6.54 Å². The average Bonchev–Trinajstić information content (AvgIpc) is 3.04. The Kier molecular flexibility index (Phi) is 7.35. The van der Waals surface area contributed by atoms with Crippen LogP contribution in [0.5, 0.6) is 0 Å². The highest BCUT2D eigenvalue weighted by Gasteiger charge is 2.19. The summed E-state index contributed by atoms with van der Waals surface area (Å²) in [7, 11) is 4.37. The third-order valence-corrected chi connectivity index (χ3v) is 4.92. The van der Waals surface area contributed by atoms with Gasteiger partial charge in [0.25, 0.3) is 5.91 Å². The molecule has 7 nitrogen and oxygen atoms in total. The SMILES string of the molecule is COC(=O)c1ccc(C(=O)OC)c(NC(=O)C[NH+](C)Cc2ccc(Cl)s2)c1. The number of benzene rings is 1. The molecule has 1 heterocycles. The molecule has 0 radical (unpaired) electrons. The highest BCUT2D eigenvalue weighted by molar-refractivity contribution is 7.16. The Bertz CT molecular complexity index is 852. The number of ether oxygens (including phenoxy) is 2. The van der Waals surface area contributed by atoms with E-state index in [9.17, 15) is 14.4 Å². The molecule has 2 rings (SSSR count). The summed E-state index contributed by atoms with van der Waals surface area (Å²) < 4.78 is 10.1. The molecule has 0 saturated carbocycles. The van der Waals surface area contributed by atoms with Crippen molar-refractivity contribution in [2.45, 2.75) is 6.54 Å². The van der Waals surface area contributed by atoms with Gasteiger partial charge in [0.2, 0.25) is 0 Å². The van der Waals surface area contributed by atoms with Crippen LogP contribution >= 0.6 is 22.9 Å². The van der Waals surface area contributed by atoms with Gasteiger partial charge in [0.05, 0.1) is 47.3 Å². The summed E-state index contributed by atoms with van der Waals surface area (Å²) in [6.07, 6.45) is 0. The van der Waals surface area contributed by atoms with E-state index in [4.69, 9.17) is 16.3 Å². The molecule has 1 atom stereocenters. The van der Waals surface area contributed by atoms with Crippen molar-refractivity contribution < 1.29 is 28.8 Å². The van der Waals surface area contributed by atoms with Crippen molar-refractivity contribution in [3.63, 3.8) is 0 Å². The molecular weight excluding hydrogens is 392 g/mol. The standard InChI is InChI=1S/C18H19ClN2O5S/c1-21(9-12-5-7-15(19)27-12)10-16(22)20-14-8-11(17(23)25-2)4-6-13(14)18(24)26-3/h4-8H,9-10H2,1-3H3,(H,20,22)/p+1. The van der Waals surface area contributed by atoms with Crippen LogP contribution < -0.4 is 10.2 Å². The number of halogens is 1. The normalized spacial score (nSPS) is 11.6. The minimum absolute atomic E-state index is 0.154. The van der Waals surface area contributed by atoms with E-state index >= 15 is 0 Å². The van der Waals surface area contributed by atoms with Crippen molar-refractivity contribution in [2.24, 2.45) is 0 Å². The van der Waals surface area contributed by atoms with Crippen LogP contribution in [0.25, 0.3) is 0 Å². The number of rotatable bonds is 7. The van der Waals surface area contributed by atoms with Crippen LogP contribution in [0.1, 0.15) is 25.6 Å². The number of methoxy groups -OCH3 is 2. The molecular formula is C18H20ClN2O5S+. The Labute approximate surface area is 165 Å². The molecule has 27 heavy (non-hydrogen) atoms. The fourth-order valence-electron chi connectivity index (χ4n) is 2.46. The molecule has 0 bridgehead atoms. The third-order valence-electron chi connectivity index (χ3n) is 3.69. The second-order valence-electron chi connectivity index (χ2n) is 5.81. The molecule has 1 amide bonds. The van der Waals surface area contributed by atoms with E-state index in [1.807, 2.05) is 19.2 Å². The topological polar surface area (TPSA) is 86.1 Å². The van der Waals surface area contributed by atoms with Gasteiger partial charge < -0.3 is 19.7 Å². The number of amides is 1. The number of esters is 2. The summed E-state index contributed by atoms with van der Waals surface area (Å²) in [5, 5.41) is 2.68. The van der Waals surface area contributed by atoms with E-state index in [1.54, 1.807) is 0 Å². The minimum atomic E-state index is -0.615. The Morgan fingerprint density at radius 3 is 2.41 bits per heavy atom. The van der Waals surface area contributed by atoms with Crippen molar-refractivity contribution in [1.82, 2.24) is 0 Å². The molecule has 0 fully saturated rings. The fraction of sp³-hybridized carbons (Fsp3) is 0.278.